The smallest absolute Gasteiger partial charge is 0.0579 e. The van der Waals surface area contributed by atoms with Crippen LogP contribution in [0.15, 0.2) is 36.4 Å². The highest BCUT2D eigenvalue weighted by Gasteiger charge is 2.14. The molecule has 0 aliphatic heterocycles. The van der Waals surface area contributed by atoms with Gasteiger partial charge in [0.2, 0.25) is 0 Å². The lowest BCUT2D eigenvalue weighted by Gasteiger charge is -2.18. The van der Waals surface area contributed by atoms with Crippen molar-refractivity contribution in [2.45, 2.75) is 26.3 Å². The summed E-state index contributed by atoms with van der Waals surface area (Å²) in [6.07, 6.45) is 0.792. The van der Waals surface area contributed by atoms with E-state index in [1.807, 2.05) is 37.3 Å². The number of halogens is 2. The van der Waals surface area contributed by atoms with Crippen molar-refractivity contribution in [2.24, 2.45) is 0 Å². The molecule has 0 saturated carbocycles. The van der Waals surface area contributed by atoms with Crippen molar-refractivity contribution in [3.63, 3.8) is 0 Å². The van der Waals surface area contributed by atoms with Crippen molar-refractivity contribution in [1.82, 2.24) is 10.3 Å². The SMILES string of the molecule is CCNC(Cc1ccc(Cl)cc1Cl)c1cccc(C)n1. The van der Waals surface area contributed by atoms with Gasteiger partial charge in [0.25, 0.3) is 0 Å². The summed E-state index contributed by atoms with van der Waals surface area (Å²) >= 11 is 12.2. The van der Waals surface area contributed by atoms with Gasteiger partial charge >= 0.3 is 0 Å². The van der Waals surface area contributed by atoms with E-state index in [0.717, 1.165) is 29.9 Å². The first-order valence-electron chi connectivity index (χ1n) is 6.71. The van der Waals surface area contributed by atoms with Crippen LogP contribution in [0.4, 0.5) is 0 Å². The Morgan fingerprint density at radius 3 is 2.65 bits per heavy atom. The van der Waals surface area contributed by atoms with Crippen LogP contribution in [0.25, 0.3) is 0 Å². The second kappa shape index (κ2) is 7.07. The van der Waals surface area contributed by atoms with E-state index in [0.29, 0.717) is 10.0 Å². The van der Waals surface area contributed by atoms with E-state index in [1.165, 1.54) is 0 Å². The fourth-order valence-electron chi connectivity index (χ4n) is 2.19. The molecule has 1 unspecified atom stereocenters. The van der Waals surface area contributed by atoms with Gasteiger partial charge in [0, 0.05) is 15.7 Å². The molecule has 0 spiro atoms. The van der Waals surface area contributed by atoms with Crippen molar-refractivity contribution >= 4 is 23.2 Å². The Kier molecular flexibility index (Phi) is 5.41. The van der Waals surface area contributed by atoms with Crippen molar-refractivity contribution in [2.75, 3.05) is 6.54 Å². The third-order valence-electron chi connectivity index (χ3n) is 3.16. The lowest BCUT2D eigenvalue weighted by Crippen LogP contribution is -2.24. The molecule has 0 aliphatic rings. The van der Waals surface area contributed by atoms with E-state index in [2.05, 4.69) is 17.2 Å². The van der Waals surface area contributed by atoms with Crippen LogP contribution in [-0.4, -0.2) is 11.5 Å². The minimum Gasteiger partial charge on any atom is -0.309 e. The van der Waals surface area contributed by atoms with Gasteiger partial charge in [-0.2, -0.15) is 0 Å². The number of pyridine rings is 1. The maximum atomic E-state index is 6.26. The summed E-state index contributed by atoms with van der Waals surface area (Å²) in [5, 5.41) is 4.82. The van der Waals surface area contributed by atoms with Crippen LogP contribution >= 0.6 is 23.2 Å². The van der Waals surface area contributed by atoms with E-state index >= 15 is 0 Å². The van der Waals surface area contributed by atoms with Crippen LogP contribution in [0.5, 0.6) is 0 Å². The van der Waals surface area contributed by atoms with Crippen LogP contribution < -0.4 is 5.32 Å². The lowest BCUT2D eigenvalue weighted by molar-refractivity contribution is 0.536. The summed E-state index contributed by atoms with van der Waals surface area (Å²) in [5.41, 5.74) is 3.13. The summed E-state index contributed by atoms with van der Waals surface area (Å²) in [6.45, 7) is 4.97. The molecular formula is C16H18Cl2N2. The summed E-state index contributed by atoms with van der Waals surface area (Å²) < 4.78 is 0. The van der Waals surface area contributed by atoms with Gasteiger partial charge in [-0.05, 0) is 49.7 Å². The molecule has 1 N–H and O–H groups in total. The summed E-state index contributed by atoms with van der Waals surface area (Å²) in [4.78, 5) is 4.60. The van der Waals surface area contributed by atoms with Crippen molar-refractivity contribution in [3.05, 3.63) is 63.4 Å². The average Bonchev–Trinajstić information content (AvgIpc) is 2.41. The van der Waals surface area contributed by atoms with Gasteiger partial charge in [0.05, 0.1) is 11.7 Å². The van der Waals surface area contributed by atoms with Gasteiger partial charge in [0.15, 0.2) is 0 Å². The molecule has 0 saturated heterocycles. The van der Waals surface area contributed by atoms with Gasteiger partial charge in [-0.1, -0.05) is 42.3 Å². The highest BCUT2D eigenvalue weighted by atomic mass is 35.5. The molecular weight excluding hydrogens is 291 g/mol. The molecule has 0 amide bonds. The number of aryl methyl sites for hydroxylation is 1. The van der Waals surface area contributed by atoms with Crippen LogP contribution in [0.3, 0.4) is 0 Å². The van der Waals surface area contributed by atoms with Gasteiger partial charge in [-0.15, -0.1) is 0 Å². The lowest BCUT2D eigenvalue weighted by atomic mass is 10.0. The number of benzene rings is 1. The van der Waals surface area contributed by atoms with Crippen LogP contribution in [0, 0.1) is 6.92 Å². The third-order valence-corrected chi connectivity index (χ3v) is 3.74. The van der Waals surface area contributed by atoms with Crippen LogP contribution in [-0.2, 0) is 6.42 Å². The first-order chi connectivity index (χ1) is 9.60. The van der Waals surface area contributed by atoms with Gasteiger partial charge in [-0.25, -0.2) is 0 Å². The Morgan fingerprint density at radius 1 is 1.20 bits per heavy atom. The fourth-order valence-corrected chi connectivity index (χ4v) is 2.68. The molecule has 2 nitrogen and oxygen atoms in total. The number of likely N-dealkylation sites (N-methyl/N-ethyl adjacent to an activating group) is 1. The van der Waals surface area contributed by atoms with Gasteiger partial charge in [0.1, 0.15) is 0 Å². The first-order valence-corrected chi connectivity index (χ1v) is 7.46. The molecule has 1 heterocycles. The standard InChI is InChI=1S/C16H18Cl2N2/c1-3-19-16(15-6-4-5-11(2)20-15)9-12-7-8-13(17)10-14(12)18/h4-8,10,16,19H,3,9H2,1-2H3. The topological polar surface area (TPSA) is 24.9 Å². The Labute approximate surface area is 130 Å². The number of nitrogens with zero attached hydrogens (tertiary/aromatic N) is 1. The minimum atomic E-state index is 0.151. The predicted octanol–water partition coefficient (Wildman–Crippen LogP) is 4.59. The van der Waals surface area contributed by atoms with E-state index in [9.17, 15) is 0 Å². The van der Waals surface area contributed by atoms with E-state index in [-0.39, 0.29) is 6.04 Å². The van der Waals surface area contributed by atoms with Gasteiger partial charge < -0.3 is 5.32 Å². The predicted molar refractivity (Wildman–Crippen MR) is 85.6 cm³/mol. The van der Waals surface area contributed by atoms with Crippen molar-refractivity contribution in [1.29, 1.82) is 0 Å². The zero-order valence-electron chi connectivity index (χ0n) is 11.7. The van der Waals surface area contributed by atoms with E-state index in [1.54, 1.807) is 6.07 Å². The molecule has 20 heavy (non-hydrogen) atoms. The molecule has 0 radical (unpaired) electrons. The average molecular weight is 309 g/mol. The molecule has 0 fully saturated rings. The maximum Gasteiger partial charge on any atom is 0.0579 e. The zero-order chi connectivity index (χ0) is 14.5. The minimum absolute atomic E-state index is 0.151. The van der Waals surface area contributed by atoms with Gasteiger partial charge in [-0.3, -0.25) is 4.98 Å². The number of hydrogen-bond acceptors (Lipinski definition) is 2. The monoisotopic (exact) mass is 308 g/mol. The third kappa shape index (κ3) is 3.95. The first kappa shape index (κ1) is 15.3. The Balaban J connectivity index is 2.25. The molecule has 0 bridgehead atoms. The van der Waals surface area contributed by atoms with Crippen LogP contribution in [0.2, 0.25) is 10.0 Å². The Hall–Kier alpha value is -1.09. The molecule has 2 rings (SSSR count). The number of nitrogens with one attached hydrogen (secondary N) is 1. The maximum absolute atomic E-state index is 6.26. The molecule has 106 valence electrons. The van der Waals surface area contributed by atoms with E-state index in [4.69, 9.17) is 23.2 Å². The normalized spacial score (nSPS) is 12.4. The number of rotatable bonds is 5. The largest absolute Gasteiger partial charge is 0.309 e. The molecule has 1 aromatic carbocycles. The summed E-state index contributed by atoms with van der Waals surface area (Å²) in [7, 11) is 0. The highest BCUT2D eigenvalue weighted by Crippen LogP contribution is 2.25. The second-order valence-corrected chi connectivity index (χ2v) is 5.60. The highest BCUT2D eigenvalue weighted by molar-refractivity contribution is 6.35. The fraction of sp³-hybridized carbons (Fsp3) is 0.312. The van der Waals surface area contributed by atoms with E-state index < -0.39 is 0 Å². The number of hydrogen-bond donors (Lipinski definition) is 1. The van der Waals surface area contributed by atoms with Crippen molar-refractivity contribution < 1.29 is 0 Å². The summed E-state index contributed by atoms with van der Waals surface area (Å²) in [5.74, 6) is 0. The van der Waals surface area contributed by atoms with Crippen LogP contribution in [0.1, 0.15) is 29.9 Å². The van der Waals surface area contributed by atoms with Crippen molar-refractivity contribution in [3.8, 4) is 0 Å². The molecule has 4 heteroatoms. The number of aromatic nitrogens is 1. The molecule has 2 aromatic rings. The quantitative estimate of drug-likeness (QED) is 0.874. The molecule has 1 atom stereocenters. The zero-order valence-corrected chi connectivity index (χ0v) is 13.2. The second-order valence-electron chi connectivity index (χ2n) is 4.75. The Bertz CT molecular complexity index is 584. The molecule has 0 aliphatic carbocycles. The summed E-state index contributed by atoms with van der Waals surface area (Å²) in [6, 6.07) is 11.9. The Morgan fingerprint density at radius 2 is 2.00 bits per heavy atom. The molecule has 1 aromatic heterocycles.